The number of halogens is 1. The summed E-state index contributed by atoms with van der Waals surface area (Å²) in [4.78, 5) is 4.33. The molecule has 0 fully saturated rings. The van der Waals surface area contributed by atoms with Crippen LogP contribution < -0.4 is 5.90 Å². The van der Waals surface area contributed by atoms with Crippen molar-refractivity contribution in [2.24, 2.45) is 5.90 Å². The molecule has 0 amide bonds. The van der Waals surface area contributed by atoms with Crippen LogP contribution in [0, 0.1) is 0 Å². The molecule has 0 aliphatic carbocycles. The predicted molar refractivity (Wildman–Crippen MR) is 49.2 cm³/mol. The quantitative estimate of drug-likeness (QED) is 0.774. The van der Waals surface area contributed by atoms with Crippen LogP contribution in [0.15, 0.2) is 28.7 Å². The van der Waals surface area contributed by atoms with E-state index >= 15 is 0 Å². The highest BCUT2D eigenvalue weighted by atomic mass is 79.9. The molecule has 1 aromatic rings. The monoisotopic (exact) mass is 231 g/mol. The van der Waals surface area contributed by atoms with E-state index in [4.69, 9.17) is 5.90 Å². The fourth-order valence-electron chi connectivity index (χ4n) is 0.872. The van der Waals surface area contributed by atoms with Crippen LogP contribution in [-0.4, -0.2) is 11.7 Å². The summed E-state index contributed by atoms with van der Waals surface area (Å²) in [5, 5.41) is 9.39. The second kappa shape index (κ2) is 4.57. The molecule has 4 heteroatoms. The molecule has 0 saturated carbocycles. The van der Waals surface area contributed by atoms with Crippen LogP contribution in [0.5, 0.6) is 0 Å². The largest absolute Gasteiger partial charge is 0.386 e. The average Bonchev–Trinajstić information content (AvgIpc) is 2.06. The second-order valence-electron chi connectivity index (χ2n) is 2.40. The second-order valence-corrected chi connectivity index (χ2v) is 3.32. The summed E-state index contributed by atoms with van der Waals surface area (Å²) in [5.74, 6) is 4.83. The zero-order valence-electron chi connectivity index (χ0n) is 6.40. The molecule has 0 saturated heterocycles. The van der Waals surface area contributed by atoms with Gasteiger partial charge in [0.15, 0.2) is 0 Å². The Balaban J connectivity index is 2.68. The van der Waals surface area contributed by atoms with E-state index in [0.29, 0.717) is 0 Å². The molecule has 12 heavy (non-hydrogen) atoms. The molecule has 0 radical (unpaired) electrons. The molecule has 1 unspecified atom stereocenters. The van der Waals surface area contributed by atoms with Gasteiger partial charge in [-0.3, -0.25) is 0 Å². The molecular weight excluding hydrogens is 222 g/mol. The predicted octanol–water partition coefficient (Wildman–Crippen LogP) is 1.37. The van der Waals surface area contributed by atoms with Crippen LogP contribution in [0.2, 0.25) is 0 Å². The normalized spacial score (nSPS) is 12.9. The smallest absolute Gasteiger partial charge is 0.104 e. The average molecular weight is 232 g/mol. The molecule has 1 aromatic carbocycles. The minimum Gasteiger partial charge on any atom is -0.386 e. The molecule has 0 aromatic heterocycles. The number of rotatable bonds is 3. The Bertz CT molecular complexity index is 237. The molecule has 0 spiro atoms. The maximum atomic E-state index is 9.39. The van der Waals surface area contributed by atoms with Crippen molar-refractivity contribution >= 4 is 15.9 Å². The van der Waals surface area contributed by atoms with Crippen molar-refractivity contribution in [3.05, 3.63) is 34.3 Å². The maximum Gasteiger partial charge on any atom is 0.104 e. The third-order valence-corrected chi connectivity index (χ3v) is 2.04. The van der Waals surface area contributed by atoms with E-state index in [2.05, 4.69) is 20.8 Å². The van der Waals surface area contributed by atoms with Crippen LogP contribution in [0.1, 0.15) is 11.7 Å². The molecule has 66 valence electrons. The Morgan fingerprint density at radius 2 is 2.00 bits per heavy atom. The van der Waals surface area contributed by atoms with Crippen LogP contribution in [0.25, 0.3) is 0 Å². The number of aliphatic hydroxyl groups excluding tert-OH is 1. The standard InChI is InChI=1S/C8H10BrNO2/c9-7-3-1-6(2-4-7)8(11)5-12-10/h1-4,8,11H,5,10H2. The molecule has 1 atom stereocenters. The third kappa shape index (κ3) is 2.57. The summed E-state index contributed by atoms with van der Waals surface area (Å²) < 4.78 is 0.979. The van der Waals surface area contributed by atoms with E-state index in [1.807, 2.05) is 24.3 Å². The Hall–Kier alpha value is -0.420. The number of nitrogens with two attached hydrogens (primary N) is 1. The Morgan fingerprint density at radius 3 is 2.50 bits per heavy atom. The summed E-state index contributed by atoms with van der Waals surface area (Å²) in [6, 6.07) is 7.34. The van der Waals surface area contributed by atoms with Gasteiger partial charge in [-0.1, -0.05) is 28.1 Å². The Labute approximate surface area is 79.2 Å². The fraction of sp³-hybridized carbons (Fsp3) is 0.250. The zero-order valence-corrected chi connectivity index (χ0v) is 7.99. The summed E-state index contributed by atoms with van der Waals surface area (Å²) in [6.45, 7) is 0.113. The van der Waals surface area contributed by atoms with E-state index < -0.39 is 6.10 Å². The maximum absolute atomic E-state index is 9.39. The van der Waals surface area contributed by atoms with Crippen molar-refractivity contribution in [2.75, 3.05) is 6.61 Å². The lowest BCUT2D eigenvalue weighted by atomic mass is 10.1. The van der Waals surface area contributed by atoms with Crippen molar-refractivity contribution < 1.29 is 9.94 Å². The first-order valence-corrected chi connectivity index (χ1v) is 4.28. The third-order valence-electron chi connectivity index (χ3n) is 1.51. The lowest BCUT2D eigenvalue weighted by molar-refractivity contribution is 0.0359. The van der Waals surface area contributed by atoms with Gasteiger partial charge in [0.2, 0.25) is 0 Å². The SMILES string of the molecule is NOCC(O)c1ccc(Br)cc1. The Morgan fingerprint density at radius 1 is 1.42 bits per heavy atom. The van der Waals surface area contributed by atoms with Gasteiger partial charge in [-0.25, -0.2) is 5.90 Å². The van der Waals surface area contributed by atoms with Crippen molar-refractivity contribution in [1.29, 1.82) is 0 Å². The van der Waals surface area contributed by atoms with Crippen molar-refractivity contribution in [3.63, 3.8) is 0 Å². The van der Waals surface area contributed by atoms with Gasteiger partial charge in [0.25, 0.3) is 0 Å². The molecule has 0 aliphatic heterocycles. The van der Waals surface area contributed by atoms with Gasteiger partial charge in [-0.15, -0.1) is 0 Å². The van der Waals surface area contributed by atoms with E-state index in [1.165, 1.54) is 0 Å². The molecule has 0 bridgehead atoms. The number of aliphatic hydroxyl groups is 1. The van der Waals surface area contributed by atoms with Crippen LogP contribution in [0.3, 0.4) is 0 Å². The first kappa shape index (κ1) is 9.67. The molecule has 1 rings (SSSR count). The minimum absolute atomic E-state index is 0.113. The van der Waals surface area contributed by atoms with Crippen molar-refractivity contribution in [3.8, 4) is 0 Å². The topological polar surface area (TPSA) is 55.5 Å². The fourth-order valence-corrected chi connectivity index (χ4v) is 1.14. The number of benzene rings is 1. The van der Waals surface area contributed by atoms with Crippen LogP contribution in [0.4, 0.5) is 0 Å². The zero-order chi connectivity index (χ0) is 8.97. The highest BCUT2D eigenvalue weighted by Gasteiger charge is 2.05. The van der Waals surface area contributed by atoms with Crippen LogP contribution in [-0.2, 0) is 4.84 Å². The highest BCUT2D eigenvalue weighted by Crippen LogP contribution is 2.16. The molecule has 3 nitrogen and oxygen atoms in total. The van der Waals surface area contributed by atoms with Gasteiger partial charge in [-0.2, -0.15) is 0 Å². The van der Waals surface area contributed by atoms with Gasteiger partial charge >= 0.3 is 0 Å². The summed E-state index contributed by atoms with van der Waals surface area (Å²) in [6.07, 6.45) is -0.650. The van der Waals surface area contributed by atoms with Crippen molar-refractivity contribution in [1.82, 2.24) is 0 Å². The molecule has 0 aliphatic rings. The van der Waals surface area contributed by atoms with Gasteiger partial charge in [-0.05, 0) is 17.7 Å². The molecule has 0 heterocycles. The lowest BCUT2D eigenvalue weighted by Gasteiger charge is -2.08. The number of hydrogen-bond acceptors (Lipinski definition) is 3. The van der Waals surface area contributed by atoms with E-state index in [9.17, 15) is 5.11 Å². The van der Waals surface area contributed by atoms with Gasteiger partial charge < -0.3 is 9.94 Å². The number of hydrogen-bond donors (Lipinski definition) is 2. The molecular formula is C8H10BrNO2. The van der Waals surface area contributed by atoms with Crippen LogP contribution >= 0.6 is 15.9 Å². The minimum atomic E-state index is -0.650. The lowest BCUT2D eigenvalue weighted by Crippen LogP contribution is -2.10. The van der Waals surface area contributed by atoms with Gasteiger partial charge in [0, 0.05) is 4.47 Å². The van der Waals surface area contributed by atoms with E-state index in [1.54, 1.807) is 0 Å². The first-order chi connectivity index (χ1) is 5.74. The summed E-state index contributed by atoms with van der Waals surface area (Å²) in [7, 11) is 0. The first-order valence-electron chi connectivity index (χ1n) is 3.49. The summed E-state index contributed by atoms with van der Waals surface area (Å²) in [5.41, 5.74) is 0.795. The van der Waals surface area contributed by atoms with E-state index in [-0.39, 0.29) is 6.61 Å². The Kier molecular flexibility index (Phi) is 3.68. The van der Waals surface area contributed by atoms with Crippen molar-refractivity contribution in [2.45, 2.75) is 6.10 Å². The molecule has 3 N–H and O–H groups in total. The highest BCUT2D eigenvalue weighted by molar-refractivity contribution is 9.10. The van der Waals surface area contributed by atoms with E-state index in [0.717, 1.165) is 10.0 Å². The van der Waals surface area contributed by atoms with Gasteiger partial charge in [0.05, 0.1) is 6.61 Å². The summed E-state index contributed by atoms with van der Waals surface area (Å²) >= 11 is 3.30. The van der Waals surface area contributed by atoms with Gasteiger partial charge in [0.1, 0.15) is 6.10 Å².